The van der Waals surface area contributed by atoms with Gasteiger partial charge in [-0.25, -0.2) is 9.78 Å². The molecule has 0 aliphatic heterocycles. The minimum absolute atomic E-state index is 0.251. The van der Waals surface area contributed by atoms with Crippen molar-refractivity contribution in [2.45, 2.75) is 12.8 Å². The SMILES string of the molecule is O=C(O)c1cnc(NCCOCC2CC2)s1. The van der Waals surface area contributed by atoms with Crippen LogP contribution in [0.5, 0.6) is 0 Å². The second-order valence-electron chi connectivity index (χ2n) is 3.78. The molecule has 1 aromatic heterocycles. The number of hydrogen-bond acceptors (Lipinski definition) is 5. The van der Waals surface area contributed by atoms with Gasteiger partial charge in [0.15, 0.2) is 5.13 Å². The summed E-state index contributed by atoms with van der Waals surface area (Å²) in [5.74, 6) is -0.158. The van der Waals surface area contributed by atoms with Crippen LogP contribution in [0, 0.1) is 5.92 Å². The molecule has 0 radical (unpaired) electrons. The van der Waals surface area contributed by atoms with Gasteiger partial charge in [-0.05, 0) is 18.8 Å². The lowest BCUT2D eigenvalue weighted by molar-refractivity contribution is 0.0702. The molecule has 0 amide bonds. The van der Waals surface area contributed by atoms with Crippen LogP contribution in [-0.4, -0.2) is 35.8 Å². The van der Waals surface area contributed by atoms with E-state index in [0.29, 0.717) is 18.3 Å². The van der Waals surface area contributed by atoms with Gasteiger partial charge in [-0.2, -0.15) is 0 Å². The highest BCUT2D eigenvalue weighted by atomic mass is 32.1. The van der Waals surface area contributed by atoms with Crippen molar-refractivity contribution >= 4 is 22.4 Å². The van der Waals surface area contributed by atoms with E-state index in [9.17, 15) is 4.79 Å². The van der Waals surface area contributed by atoms with E-state index in [-0.39, 0.29) is 4.88 Å². The topological polar surface area (TPSA) is 71.5 Å². The molecule has 1 heterocycles. The van der Waals surface area contributed by atoms with E-state index in [1.807, 2.05) is 0 Å². The Labute approximate surface area is 97.5 Å². The molecule has 6 heteroatoms. The standard InChI is InChI=1S/C10H14N2O3S/c13-9(14)8-5-12-10(16-8)11-3-4-15-6-7-1-2-7/h5,7H,1-4,6H2,(H,11,12)(H,13,14). The first kappa shape index (κ1) is 11.3. The number of aromatic nitrogens is 1. The predicted octanol–water partition coefficient (Wildman–Crippen LogP) is 1.68. The van der Waals surface area contributed by atoms with Gasteiger partial charge in [-0.3, -0.25) is 0 Å². The Kier molecular flexibility index (Phi) is 3.74. The molecule has 1 saturated carbocycles. The van der Waals surface area contributed by atoms with Crippen molar-refractivity contribution in [1.82, 2.24) is 4.98 Å². The first-order valence-electron chi connectivity index (χ1n) is 5.26. The van der Waals surface area contributed by atoms with Gasteiger partial charge >= 0.3 is 5.97 Å². The lowest BCUT2D eigenvalue weighted by Crippen LogP contribution is -2.10. The summed E-state index contributed by atoms with van der Waals surface area (Å²) < 4.78 is 5.43. The van der Waals surface area contributed by atoms with E-state index in [0.717, 1.165) is 23.9 Å². The molecular formula is C10H14N2O3S. The number of ether oxygens (including phenoxy) is 1. The van der Waals surface area contributed by atoms with Gasteiger partial charge in [0.05, 0.1) is 12.8 Å². The van der Waals surface area contributed by atoms with Gasteiger partial charge in [-0.15, -0.1) is 0 Å². The highest BCUT2D eigenvalue weighted by molar-refractivity contribution is 7.17. The number of rotatable bonds is 7. The number of anilines is 1. The van der Waals surface area contributed by atoms with Crippen molar-refractivity contribution in [3.8, 4) is 0 Å². The Hall–Kier alpha value is -1.14. The number of carbonyl (C=O) groups is 1. The predicted molar refractivity (Wildman–Crippen MR) is 61.1 cm³/mol. The molecule has 88 valence electrons. The third kappa shape index (κ3) is 3.46. The highest BCUT2D eigenvalue weighted by Crippen LogP contribution is 2.28. The van der Waals surface area contributed by atoms with Gasteiger partial charge in [0, 0.05) is 13.2 Å². The van der Waals surface area contributed by atoms with E-state index < -0.39 is 5.97 Å². The van der Waals surface area contributed by atoms with Gasteiger partial charge in [-0.1, -0.05) is 11.3 Å². The fraction of sp³-hybridized carbons (Fsp3) is 0.600. The fourth-order valence-electron chi connectivity index (χ4n) is 1.22. The summed E-state index contributed by atoms with van der Waals surface area (Å²) in [6, 6.07) is 0. The second-order valence-corrected chi connectivity index (χ2v) is 4.81. The molecule has 5 nitrogen and oxygen atoms in total. The lowest BCUT2D eigenvalue weighted by Gasteiger charge is -2.03. The van der Waals surface area contributed by atoms with E-state index in [1.54, 1.807) is 0 Å². The molecule has 2 rings (SSSR count). The van der Waals surface area contributed by atoms with Crippen molar-refractivity contribution in [1.29, 1.82) is 0 Å². The number of carboxylic acid groups (broad SMARTS) is 1. The number of thiazole rings is 1. The molecule has 0 spiro atoms. The average Bonchev–Trinajstić information content (AvgIpc) is 2.94. The molecule has 16 heavy (non-hydrogen) atoms. The Balaban J connectivity index is 1.62. The molecule has 1 aromatic rings. The zero-order valence-electron chi connectivity index (χ0n) is 8.81. The molecule has 0 saturated heterocycles. The number of nitrogens with zero attached hydrogens (tertiary/aromatic N) is 1. The van der Waals surface area contributed by atoms with E-state index in [4.69, 9.17) is 9.84 Å². The molecule has 1 aliphatic rings. The van der Waals surface area contributed by atoms with Gasteiger partial charge < -0.3 is 15.2 Å². The van der Waals surface area contributed by atoms with Crippen molar-refractivity contribution in [2.24, 2.45) is 5.92 Å². The smallest absolute Gasteiger partial charge is 0.347 e. The molecule has 1 aliphatic carbocycles. The van der Waals surface area contributed by atoms with Crippen LogP contribution < -0.4 is 5.32 Å². The number of hydrogen-bond donors (Lipinski definition) is 2. The molecule has 0 aromatic carbocycles. The second kappa shape index (κ2) is 5.27. The van der Waals surface area contributed by atoms with Crippen LogP contribution in [0.4, 0.5) is 5.13 Å². The first-order valence-corrected chi connectivity index (χ1v) is 6.08. The summed E-state index contributed by atoms with van der Waals surface area (Å²) in [7, 11) is 0. The molecule has 0 atom stereocenters. The average molecular weight is 242 g/mol. The quantitative estimate of drug-likeness (QED) is 0.712. The summed E-state index contributed by atoms with van der Waals surface area (Å²) in [5, 5.41) is 12.4. The number of carboxylic acids is 1. The van der Waals surface area contributed by atoms with E-state index in [2.05, 4.69) is 10.3 Å². The normalized spacial score (nSPS) is 15.0. The third-order valence-electron chi connectivity index (χ3n) is 2.29. The maximum atomic E-state index is 10.6. The van der Waals surface area contributed by atoms with Crippen LogP contribution in [0.2, 0.25) is 0 Å². The summed E-state index contributed by atoms with van der Waals surface area (Å²) in [6.45, 7) is 2.15. The van der Waals surface area contributed by atoms with Crippen LogP contribution in [-0.2, 0) is 4.74 Å². The van der Waals surface area contributed by atoms with E-state index >= 15 is 0 Å². The molecule has 0 unspecified atom stereocenters. The summed E-state index contributed by atoms with van der Waals surface area (Å²) in [6.07, 6.45) is 3.95. The van der Waals surface area contributed by atoms with Crippen molar-refractivity contribution in [2.75, 3.05) is 25.1 Å². The monoisotopic (exact) mass is 242 g/mol. The third-order valence-corrected chi connectivity index (χ3v) is 3.23. The minimum Gasteiger partial charge on any atom is -0.477 e. The Morgan fingerprint density at radius 3 is 3.12 bits per heavy atom. The van der Waals surface area contributed by atoms with Crippen LogP contribution in [0.3, 0.4) is 0 Å². The van der Waals surface area contributed by atoms with Crippen LogP contribution in [0.15, 0.2) is 6.20 Å². The maximum Gasteiger partial charge on any atom is 0.347 e. The van der Waals surface area contributed by atoms with Gasteiger partial charge in [0.25, 0.3) is 0 Å². The van der Waals surface area contributed by atoms with Crippen molar-refractivity contribution in [3.63, 3.8) is 0 Å². The largest absolute Gasteiger partial charge is 0.477 e. The van der Waals surface area contributed by atoms with Gasteiger partial charge in [0.1, 0.15) is 4.88 Å². The first-order chi connectivity index (χ1) is 7.75. The van der Waals surface area contributed by atoms with Crippen LogP contribution in [0.25, 0.3) is 0 Å². The zero-order valence-corrected chi connectivity index (χ0v) is 9.63. The van der Waals surface area contributed by atoms with E-state index in [1.165, 1.54) is 19.0 Å². The minimum atomic E-state index is -0.935. The highest BCUT2D eigenvalue weighted by Gasteiger charge is 2.20. The van der Waals surface area contributed by atoms with Crippen molar-refractivity contribution in [3.05, 3.63) is 11.1 Å². The van der Waals surface area contributed by atoms with Gasteiger partial charge in [0.2, 0.25) is 0 Å². The Morgan fingerprint density at radius 1 is 1.69 bits per heavy atom. The summed E-state index contributed by atoms with van der Waals surface area (Å²) >= 11 is 1.14. The maximum absolute atomic E-state index is 10.6. The van der Waals surface area contributed by atoms with Crippen molar-refractivity contribution < 1.29 is 14.6 Å². The molecule has 2 N–H and O–H groups in total. The van der Waals surface area contributed by atoms with Crippen LogP contribution in [0.1, 0.15) is 22.5 Å². The molecular weight excluding hydrogens is 228 g/mol. The summed E-state index contributed by atoms with van der Waals surface area (Å²) in [5.41, 5.74) is 0. The summed E-state index contributed by atoms with van der Waals surface area (Å²) in [4.78, 5) is 14.8. The molecule has 1 fully saturated rings. The Morgan fingerprint density at radius 2 is 2.50 bits per heavy atom. The lowest BCUT2D eigenvalue weighted by atomic mass is 10.5. The van der Waals surface area contributed by atoms with Crippen LogP contribution >= 0.6 is 11.3 Å². The Bertz CT molecular complexity index is 363. The fourth-order valence-corrected chi connectivity index (χ4v) is 1.90. The molecule has 0 bridgehead atoms. The number of nitrogens with one attached hydrogen (secondary N) is 1. The number of aromatic carboxylic acids is 1. The zero-order chi connectivity index (χ0) is 11.4.